The van der Waals surface area contributed by atoms with E-state index in [9.17, 15) is 13.4 Å². The topological polar surface area (TPSA) is 83.9 Å². The number of carboxylic acid groups (broad SMARTS) is 1. The van der Waals surface area contributed by atoms with Crippen molar-refractivity contribution in [1.82, 2.24) is 4.90 Å². The lowest BCUT2D eigenvalue weighted by molar-refractivity contribution is -0.152. The molecular weight excluding hydrogens is 540 g/mol. The number of aliphatic carboxylic acids is 1. The highest BCUT2D eigenvalue weighted by Gasteiger charge is 2.44. The van der Waals surface area contributed by atoms with E-state index < -0.39 is 16.8 Å². The molecule has 1 amide bonds. The van der Waals surface area contributed by atoms with E-state index >= 15 is 0 Å². The van der Waals surface area contributed by atoms with Crippen LogP contribution < -0.4 is 0 Å². The monoisotopic (exact) mass is 573 g/mol. The third-order valence-electron chi connectivity index (χ3n) is 5.73. The number of rotatable bonds is 5. The Balaban J connectivity index is 0.000000331. The average molecular weight is 575 g/mol. The van der Waals surface area contributed by atoms with Gasteiger partial charge in [-0.3, -0.25) is 13.8 Å². The highest BCUT2D eigenvalue weighted by Crippen LogP contribution is 2.40. The molecule has 6 nitrogen and oxygen atoms in total. The SMILES string of the molecule is CC(=O)O.CC(C)(C)S(=O)CC(C1CC1)N1C(=O)COCC1c1ccc(Cl)cc1.Fc1ccccc1Cl. The molecule has 1 heterocycles. The summed E-state index contributed by atoms with van der Waals surface area (Å²) in [5.74, 6) is -0.226. The maximum Gasteiger partial charge on any atom is 0.300 e. The zero-order valence-corrected chi connectivity index (χ0v) is 23.8. The van der Waals surface area contributed by atoms with E-state index in [0.717, 1.165) is 25.3 Å². The van der Waals surface area contributed by atoms with Gasteiger partial charge in [-0.1, -0.05) is 47.5 Å². The maximum absolute atomic E-state index is 12.8. The van der Waals surface area contributed by atoms with Crippen molar-refractivity contribution in [3.05, 3.63) is 70.0 Å². The Morgan fingerprint density at radius 1 is 1.16 bits per heavy atom. The van der Waals surface area contributed by atoms with E-state index in [4.69, 9.17) is 37.8 Å². The molecular formula is C27H34Cl2FNO5S. The minimum atomic E-state index is -0.995. The Morgan fingerprint density at radius 2 is 1.73 bits per heavy atom. The Bertz CT molecular complexity index is 1050. The third-order valence-corrected chi connectivity index (χ3v) is 8.30. The first-order valence-corrected chi connectivity index (χ1v) is 14.0. The van der Waals surface area contributed by atoms with Crippen molar-refractivity contribution in [3.8, 4) is 0 Å². The van der Waals surface area contributed by atoms with Crippen LogP contribution in [-0.4, -0.2) is 55.8 Å². The van der Waals surface area contributed by atoms with Gasteiger partial charge in [0.05, 0.1) is 17.7 Å². The Morgan fingerprint density at radius 3 is 2.19 bits per heavy atom. The van der Waals surface area contributed by atoms with Gasteiger partial charge in [0, 0.05) is 39.3 Å². The van der Waals surface area contributed by atoms with Gasteiger partial charge in [0.15, 0.2) is 0 Å². The van der Waals surface area contributed by atoms with E-state index in [1.807, 2.05) is 49.9 Å². The first-order valence-electron chi connectivity index (χ1n) is 11.9. The Kier molecular flexibility index (Phi) is 12.0. The molecule has 0 aromatic heterocycles. The van der Waals surface area contributed by atoms with Crippen molar-refractivity contribution in [2.24, 2.45) is 5.92 Å². The molecule has 2 aliphatic rings. The molecule has 204 valence electrons. The molecule has 3 atom stereocenters. The molecule has 37 heavy (non-hydrogen) atoms. The Labute approximate surface area is 230 Å². The molecule has 2 aromatic carbocycles. The van der Waals surface area contributed by atoms with Crippen LogP contribution in [0, 0.1) is 11.7 Å². The summed E-state index contributed by atoms with van der Waals surface area (Å²) in [7, 11) is -0.995. The highest BCUT2D eigenvalue weighted by molar-refractivity contribution is 7.86. The van der Waals surface area contributed by atoms with Gasteiger partial charge >= 0.3 is 0 Å². The molecule has 1 N–H and O–H groups in total. The fourth-order valence-corrected chi connectivity index (χ4v) is 5.22. The average Bonchev–Trinajstić information content (AvgIpc) is 3.65. The lowest BCUT2D eigenvalue weighted by atomic mass is 10.0. The standard InChI is InChI=1S/C19H26ClNO3S.C6H4ClF.C2H4O2/c1-19(2,3)25(23)12-17(14-4-5-14)21-16(10-24-11-18(21)22)13-6-8-15(20)9-7-13;7-5-3-1-2-4-6(5)8;1-2(3)4/h6-9,14,16-17H,4-5,10-12H2,1-3H3;1-4H;1H3,(H,3,4). The molecule has 10 heteroatoms. The van der Waals surface area contributed by atoms with Gasteiger partial charge in [-0.05, 0) is 69.4 Å². The zero-order valence-electron chi connectivity index (χ0n) is 21.5. The lowest BCUT2D eigenvalue weighted by Crippen LogP contribution is -2.53. The van der Waals surface area contributed by atoms with Crippen molar-refractivity contribution < 1.29 is 28.0 Å². The molecule has 1 aliphatic carbocycles. The predicted octanol–water partition coefficient (Wildman–Crippen LogP) is 6.14. The summed E-state index contributed by atoms with van der Waals surface area (Å²) >= 11 is 11.3. The number of nitrogens with zero attached hydrogens (tertiary/aromatic N) is 1. The fourth-order valence-electron chi connectivity index (χ4n) is 3.71. The molecule has 0 spiro atoms. The zero-order chi connectivity index (χ0) is 27.8. The Hall–Kier alpha value is -2.00. The van der Waals surface area contributed by atoms with Gasteiger partial charge in [-0.25, -0.2) is 4.39 Å². The van der Waals surface area contributed by atoms with Crippen molar-refractivity contribution in [2.75, 3.05) is 19.0 Å². The molecule has 1 aliphatic heterocycles. The molecule has 2 fully saturated rings. The molecule has 1 saturated heterocycles. The number of hydrogen-bond donors (Lipinski definition) is 1. The normalized spacial score (nSPS) is 19.1. The van der Waals surface area contributed by atoms with Gasteiger partial charge in [0.1, 0.15) is 12.4 Å². The minimum absolute atomic E-state index is 0.00555. The van der Waals surface area contributed by atoms with Crippen LogP contribution in [0.4, 0.5) is 4.39 Å². The van der Waals surface area contributed by atoms with Crippen LogP contribution >= 0.6 is 23.2 Å². The smallest absolute Gasteiger partial charge is 0.300 e. The summed E-state index contributed by atoms with van der Waals surface area (Å²) < 4.78 is 30.2. The highest BCUT2D eigenvalue weighted by atomic mass is 35.5. The third kappa shape index (κ3) is 10.3. The second-order valence-corrected chi connectivity index (χ2v) is 12.9. The minimum Gasteiger partial charge on any atom is -0.481 e. The molecule has 0 bridgehead atoms. The van der Waals surface area contributed by atoms with Crippen molar-refractivity contribution in [3.63, 3.8) is 0 Å². The van der Waals surface area contributed by atoms with Crippen LogP contribution in [-0.2, 0) is 25.1 Å². The van der Waals surface area contributed by atoms with Crippen LogP contribution in [0.5, 0.6) is 0 Å². The van der Waals surface area contributed by atoms with E-state index in [1.54, 1.807) is 12.1 Å². The van der Waals surface area contributed by atoms with E-state index in [-0.39, 0.29) is 40.2 Å². The van der Waals surface area contributed by atoms with Gasteiger partial charge in [-0.15, -0.1) is 0 Å². The number of carbonyl (C=O) groups excluding carboxylic acids is 1. The second kappa shape index (κ2) is 14.2. The van der Waals surface area contributed by atoms with E-state index in [2.05, 4.69) is 0 Å². The number of carboxylic acids is 1. The summed E-state index contributed by atoms with van der Waals surface area (Å²) in [6, 6.07) is 13.6. The molecule has 4 rings (SSSR count). The van der Waals surface area contributed by atoms with Gasteiger partial charge < -0.3 is 14.7 Å². The predicted molar refractivity (Wildman–Crippen MR) is 146 cm³/mol. The summed E-state index contributed by atoms with van der Waals surface area (Å²) in [6.45, 7) is 7.63. The van der Waals surface area contributed by atoms with Crippen molar-refractivity contribution >= 4 is 45.9 Å². The molecule has 1 saturated carbocycles. The lowest BCUT2D eigenvalue weighted by Gasteiger charge is -2.42. The van der Waals surface area contributed by atoms with Crippen LogP contribution in [0.2, 0.25) is 10.0 Å². The largest absolute Gasteiger partial charge is 0.481 e. The number of halogens is 3. The van der Waals surface area contributed by atoms with Crippen LogP contribution in [0.25, 0.3) is 0 Å². The van der Waals surface area contributed by atoms with Gasteiger partial charge in [0.25, 0.3) is 5.97 Å². The summed E-state index contributed by atoms with van der Waals surface area (Å²) in [5, 5.41) is 8.26. The van der Waals surface area contributed by atoms with Crippen LogP contribution in [0.15, 0.2) is 48.5 Å². The summed E-state index contributed by atoms with van der Waals surface area (Å²) in [6.07, 6.45) is 2.20. The fraction of sp³-hybridized carbons (Fsp3) is 0.481. The first kappa shape index (κ1) is 31.2. The molecule has 3 unspecified atom stereocenters. The number of amides is 1. The number of ether oxygens (including phenoxy) is 1. The molecule has 0 radical (unpaired) electrons. The number of hydrogen-bond acceptors (Lipinski definition) is 4. The maximum atomic E-state index is 12.8. The summed E-state index contributed by atoms with van der Waals surface area (Å²) in [4.78, 5) is 23.7. The first-order chi connectivity index (χ1) is 17.3. The second-order valence-electron chi connectivity index (χ2n) is 9.85. The summed E-state index contributed by atoms with van der Waals surface area (Å²) in [5.41, 5.74) is 1.02. The quantitative estimate of drug-likeness (QED) is 0.464. The number of benzene rings is 2. The van der Waals surface area contributed by atoms with Crippen molar-refractivity contribution in [2.45, 2.75) is 57.4 Å². The van der Waals surface area contributed by atoms with Crippen LogP contribution in [0.1, 0.15) is 52.1 Å². The number of morpholine rings is 1. The van der Waals surface area contributed by atoms with Crippen LogP contribution in [0.3, 0.4) is 0 Å². The van der Waals surface area contributed by atoms with Crippen molar-refractivity contribution in [1.29, 1.82) is 0 Å². The van der Waals surface area contributed by atoms with Gasteiger partial charge in [-0.2, -0.15) is 0 Å². The van der Waals surface area contributed by atoms with E-state index in [0.29, 0.717) is 23.3 Å². The molecule has 2 aromatic rings. The van der Waals surface area contributed by atoms with Gasteiger partial charge in [0.2, 0.25) is 5.91 Å². The number of carbonyl (C=O) groups is 2. The van der Waals surface area contributed by atoms with E-state index in [1.165, 1.54) is 12.1 Å².